The van der Waals surface area contributed by atoms with E-state index in [4.69, 9.17) is 11.6 Å². The fourth-order valence-corrected chi connectivity index (χ4v) is 2.44. The lowest BCUT2D eigenvalue weighted by atomic mass is 10.4. The Labute approximate surface area is 112 Å². The Kier molecular flexibility index (Phi) is 3.94. The third-order valence-corrected chi connectivity index (χ3v) is 3.85. The third kappa shape index (κ3) is 3.40. The fourth-order valence-electron chi connectivity index (χ4n) is 1.14. The summed E-state index contributed by atoms with van der Waals surface area (Å²) in [5.74, 6) is 0. The van der Waals surface area contributed by atoms with E-state index in [-0.39, 0.29) is 0 Å². The second-order valence-corrected chi connectivity index (χ2v) is 5.84. The molecule has 0 aliphatic carbocycles. The Bertz CT molecular complexity index is 393. The van der Waals surface area contributed by atoms with Crippen LogP contribution in [0.1, 0.15) is 0 Å². The smallest absolute Gasteiger partial charge is 0.0406 e. The van der Waals surface area contributed by atoms with Crippen LogP contribution in [-0.4, -0.2) is 0 Å². The Morgan fingerprint density at radius 3 is 1.80 bits per heavy atom. The summed E-state index contributed by atoms with van der Waals surface area (Å²) in [5.41, 5.74) is 0. The maximum Gasteiger partial charge on any atom is 0.0406 e. The Hall–Kier alpha value is -0.190. The van der Waals surface area contributed by atoms with Crippen molar-refractivity contribution in [2.75, 3.05) is 0 Å². The van der Waals surface area contributed by atoms with Crippen LogP contribution in [0, 0.1) is 3.57 Å². The third-order valence-electron chi connectivity index (χ3n) is 1.86. The van der Waals surface area contributed by atoms with Crippen molar-refractivity contribution in [3.63, 3.8) is 0 Å². The molecule has 2 rings (SSSR count). The standard InChI is InChI=1S/C12H8ClIS/c13-9-1-5-11(6-2-9)15-12-7-3-10(14)4-8-12/h1-8H. The molecule has 0 fully saturated rings. The van der Waals surface area contributed by atoms with Crippen LogP contribution < -0.4 is 0 Å². The van der Waals surface area contributed by atoms with E-state index < -0.39 is 0 Å². The van der Waals surface area contributed by atoms with Crippen LogP contribution in [-0.2, 0) is 0 Å². The van der Waals surface area contributed by atoms with Crippen molar-refractivity contribution < 1.29 is 0 Å². The first-order valence-corrected chi connectivity index (χ1v) is 6.70. The molecule has 3 heteroatoms. The van der Waals surface area contributed by atoms with Gasteiger partial charge >= 0.3 is 0 Å². The molecule has 0 N–H and O–H groups in total. The highest BCUT2D eigenvalue weighted by atomic mass is 127. The number of halogens is 2. The largest absolute Gasteiger partial charge is 0.0901 e. The lowest BCUT2D eigenvalue weighted by Gasteiger charge is -2.01. The van der Waals surface area contributed by atoms with E-state index in [9.17, 15) is 0 Å². The molecule has 0 amide bonds. The van der Waals surface area contributed by atoms with Crippen LogP contribution in [0.25, 0.3) is 0 Å². The summed E-state index contributed by atoms with van der Waals surface area (Å²) >= 11 is 9.87. The maximum absolute atomic E-state index is 5.83. The van der Waals surface area contributed by atoms with Crippen molar-refractivity contribution in [1.82, 2.24) is 0 Å². The van der Waals surface area contributed by atoms with Crippen molar-refractivity contribution in [3.8, 4) is 0 Å². The molecule has 76 valence electrons. The molecule has 0 aromatic heterocycles. The molecule has 0 radical (unpaired) electrons. The zero-order valence-electron chi connectivity index (χ0n) is 7.78. The minimum absolute atomic E-state index is 0.780. The normalized spacial score (nSPS) is 10.3. The highest BCUT2D eigenvalue weighted by Gasteiger charge is 1.97. The minimum atomic E-state index is 0.780. The monoisotopic (exact) mass is 346 g/mol. The van der Waals surface area contributed by atoms with Crippen molar-refractivity contribution >= 4 is 46.0 Å². The molecule has 15 heavy (non-hydrogen) atoms. The number of hydrogen-bond donors (Lipinski definition) is 0. The van der Waals surface area contributed by atoms with Gasteiger partial charge in [-0.25, -0.2) is 0 Å². The number of hydrogen-bond acceptors (Lipinski definition) is 1. The molecule has 2 aromatic rings. The van der Waals surface area contributed by atoms with Crippen LogP contribution >= 0.6 is 46.0 Å². The molecule has 0 unspecified atom stereocenters. The van der Waals surface area contributed by atoms with Gasteiger partial charge in [-0.1, -0.05) is 23.4 Å². The van der Waals surface area contributed by atoms with Crippen LogP contribution in [0.4, 0.5) is 0 Å². The molecular weight excluding hydrogens is 339 g/mol. The summed E-state index contributed by atoms with van der Waals surface area (Å²) in [6, 6.07) is 16.4. The summed E-state index contributed by atoms with van der Waals surface area (Å²) in [6.07, 6.45) is 0. The van der Waals surface area contributed by atoms with E-state index >= 15 is 0 Å². The molecule has 0 bridgehead atoms. The first-order valence-electron chi connectivity index (χ1n) is 4.43. The molecule has 2 aromatic carbocycles. The average molecular weight is 347 g/mol. The van der Waals surface area contributed by atoms with Gasteiger partial charge in [-0.3, -0.25) is 0 Å². The SMILES string of the molecule is Clc1ccc(Sc2ccc(I)cc2)cc1. The van der Waals surface area contributed by atoms with Gasteiger partial charge in [0.1, 0.15) is 0 Å². The molecule has 0 aliphatic rings. The number of benzene rings is 2. The molecule has 0 nitrogen and oxygen atoms in total. The summed E-state index contributed by atoms with van der Waals surface area (Å²) in [4.78, 5) is 2.46. The van der Waals surface area contributed by atoms with Crippen molar-refractivity contribution in [1.29, 1.82) is 0 Å². The second kappa shape index (κ2) is 5.23. The van der Waals surface area contributed by atoms with E-state index in [2.05, 4.69) is 46.9 Å². The molecule has 0 aliphatic heterocycles. The van der Waals surface area contributed by atoms with Gasteiger partial charge in [-0.15, -0.1) is 0 Å². The van der Waals surface area contributed by atoms with Crippen molar-refractivity contribution in [3.05, 3.63) is 57.1 Å². The van der Waals surface area contributed by atoms with E-state index in [0.717, 1.165) is 5.02 Å². The molecular formula is C12H8ClIS. The first kappa shape index (κ1) is 11.3. The van der Waals surface area contributed by atoms with Gasteiger partial charge in [0.15, 0.2) is 0 Å². The summed E-state index contributed by atoms with van der Waals surface area (Å²) in [5, 5.41) is 0.780. The Morgan fingerprint density at radius 2 is 1.27 bits per heavy atom. The first-order chi connectivity index (χ1) is 7.24. The molecule has 0 atom stereocenters. The van der Waals surface area contributed by atoms with Crippen LogP contribution in [0.5, 0.6) is 0 Å². The maximum atomic E-state index is 5.83. The van der Waals surface area contributed by atoms with Crippen molar-refractivity contribution in [2.24, 2.45) is 0 Å². The lowest BCUT2D eigenvalue weighted by Crippen LogP contribution is -1.74. The molecule has 0 spiro atoms. The van der Waals surface area contributed by atoms with Crippen LogP contribution in [0.2, 0.25) is 5.02 Å². The number of rotatable bonds is 2. The Balaban J connectivity index is 2.15. The topological polar surface area (TPSA) is 0 Å². The van der Waals surface area contributed by atoms with Crippen molar-refractivity contribution in [2.45, 2.75) is 9.79 Å². The highest BCUT2D eigenvalue weighted by molar-refractivity contribution is 14.1. The second-order valence-electron chi connectivity index (χ2n) is 3.01. The van der Waals surface area contributed by atoms with Gasteiger partial charge in [0.2, 0.25) is 0 Å². The van der Waals surface area contributed by atoms with E-state index in [1.54, 1.807) is 11.8 Å². The molecule has 0 saturated heterocycles. The van der Waals surface area contributed by atoms with Gasteiger partial charge in [0.25, 0.3) is 0 Å². The zero-order chi connectivity index (χ0) is 10.7. The van der Waals surface area contributed by atoms with E-state index in [1.165, 1.54) is 13.4 Å². The Morgan fingerprint density at radius 1 is 0.800 bits per heavy atom. The predicted molar refractivity (Wildman–Crippen MR) is 74.7 cm³/mol. The zero-order valence-corrected chi connectivity index (χ0v) is 11.5. The van der Waals surface area contributed by atoms with E-state index in [0.29, 0.717) is 0 Å². The van der Waals surface area contributed by atoms with Crippen LogP contribution in [0.3, 0.4) is 0 Å². The lowest BCUT2D eigenvalue weighted by molar-refractivity contribution is 1.40. The van der Waals surface area contributed by atoms with Gasteiger partial charge in [0.05, 0.1) is 0 Å². The molecule has 0 saturated carbocycles. The van der Waals surface area contributed by atoms with E-state index in [1.807, 2.05) is 24.3 Å². The highest BCUT2D eigenvalue weighted by Crippen LogP contribution is 2.28. The van der Waals surface area contributed by atoms with Gasteiger partial charge < -0.3 is 0 Å². The molecule has 0 heterocycles. The van der Waals surface area contributed by atoms with Gasteiger partial charge in [-0.2, -0.15) is 0 Å². The van der Waals surface area contributed by atoms with Gasteiger partial charge in [-0.05, 0) is 71.1 Å². The summed E-state index contributed by atoms with van der Waals surface area (Å²) in [7, 11) is 0. The summed E-state index contributed by atoms with van der Waals surface area (Å²) in [6.45, 7) is 0. The fraction of sp³-hybridized carbons (Fsp3) is 0. The average Bonchev–Trinajstić information content (AvgIpc) is 2.25. The minimum Gasteiger partial charge on any atom is -0.0901 e. The summed E-state index contributed by atoms with van der Waals surface area (Å²) < 4.78 is 1.26. The quantitative estimate of drug-likeness (QED) is 0.682. The predicted octanol–water partition coefficient (Wildman–Crippen LogP) is 5.10. The van der Waals surface area contributed by atoms with Gasteiger partial charge in [0, 0.05) is 18.4 Å². The van der Waals surface area contributed by atoms with Crippen LogP contribution in [0.15, 0.2) is 58.3 Å².